The first-order chi connectivity index (χ1) is 8.29. The van der Waals surface area contributed by atoms with Crippen LogP contribution in [0.4, 0.5) is 0 Å². The van der Waals surface area contributed by atoms with Gasteiger partial charge in [0, 0.05) is 45.7 Å². The Morgan fingerprint density at radius 1 is 0.706 bits per heavy atom. The molecular formula is C13H20O4. The molecule has 3 spiro atoms. The Balaban J connectivity index is 1.51. The van der Waals surface area contributed by atoms with Crippen LogP contribution in [0.25, 0.3) is 0 Å². The highest BCUT2D eigenvalue weighted by Crippen LogP contribution is 2.62. The van der Waals surface area contributed by atoms with Gasteiger partial charge in [-0.3, -0.25) is 0 Å². The molecule has 96 valence electrons. The van der Waals surface area contributed by atoms with Crippen molar-refractivity contribution in [2.75, 3.05) is 33.0 Å². The number of fused-ring (bicyclic) bond motifs is 1. The van der Waals surface area contributed by atoms with Crippen LogP contribution in [0.1, 0.15) is 32.1 Å². The van der Waals surface area contributed by atoms with Gasteiger partial charge in [-0.2, -0.15) is 0 Å². The molecule has 0 radical (unpaired) electrons. The highest BCUT2D eigenvalue weighted by molar-refractivity contribution is 5.22. The van der Waals surface area contributed by atoms with Gasteiger partial charge in [-0.15, -0.1) is 0 Å². The Hall–Kier alpha value is -0.160. The highest BCUT2D eigenvalue weighted by atomic mass is 16.7. The molecule has 0 amide bonds. The van der Waals surface area contributed by atoms with E-state index in [4.69, 9.17) is 18.9 Å². The molecule has 0 bridgehead atoms. The van der Waals surface area contributed by atoms with E-state index < -0.39 is 0 Å². The number of epoxide rings is 1. The summed E-state index contributed by atoms with van der Waals surface area (Å²) in [5, 5.41) is 0. The summed E-state index contributed by atoms with van der Waals surface area (Å²) in [6.07, 6.45) is 5.23. The molecule has 17 heavy (non-hydrogen) atoms. The van der Waals surface area contributed by atoms with Crippen LogP contribution in [0.3, 0.4) is 0 Å². The van der Waals surface area contributed by atoms with E-state index >= 15 is 0 Å². The van der Waals surface area contributed by atoms with Crippen LogP contribution in [0, 0.1) is 0 Å². The first kappa shape index (κ1) is 10.7. The average molecular weight is 240 g/mol. The third-order valence-corrected chi connectivity index (χ3v) is 5.10. The predicted octanol–water partition coefficient (Wildman–Crippen LogP) is 1.27. The molecule has 4 heteroatoms. The molecule has 0 aliphatic carbocycles. The molecule has 4 fully saturated rings. The third-order valence-electron chi connectivity index (χ3n) is 5.10. The molecule has 4 nitrogen and oxygen atoms in total. The average Bonchev–Trinajstić information content (AvgIpc) is 2.77. The molecule has 0 aromatic carbocycles. The zero-order chi connectivity index (χ0) is 11.4. The lowest BCUT2D eigenvalue weighted by atomic mass is 9.79. The molecule has 0 aromatic rings. The van der Waals surface area contributed by atoms with Crippen LogP contribution < -0.4 is 0 Å². The maximum atomic E-state index is 6.18. The molecule has 4 saturated heterocycles. The zero-order valence-electron chi connectivity index (χ0n) is 10.2. The summed E-state index contributed by atoms with van der Waals surface area (Å²) < 4.78 is 23.2. The second kappa shape index (κ2) is 3.44. The van der Waals surface area contributed by atoms with Gasteiger partial charge in [0.1, 0.15) is 11.2 Å². The Morgan fingerprint density at radius 3 is 2.06 bits per heavy atom. The summed E-state index contributed by atoms with van der Waals surface area (Å²) in [6.45, 7) is 4.15. The number of hydrogen-bond acceptors (Lipinski definition) is 4. The van der Waals surface area contributed by atoms with Crippen molar-refractivity contribution in [3.63, 3.8) is 0 Å². The van der Waals surface area contributed by atoms with Crippen LogP contribution in [-0.2, 0) is 18.9 Å². The largest absolute Gasteiger partial charge is 0.381 e. The maximum absolute atomic E-state index is 6.18. The maximum Gasteiger partial charge on any atom is 0.124 e. The van der Waals surface area contributed by atoms with Gasteiger partial charge in [0.2, 0.25) is 0 Å². The normalized spacial score (nSPS) is 42.4. The fraction of sp³-hybridized carbons (Fsp3) is 1.00. The second-order valence-corrected chi connectivity index (χ2v) is 5.96. The molecular weight excluding hydrogens is 220 g/mol. The monoisotopic (exact) mass is 240 g/mol. The minimum atomic E-state index is 0.0219. The van der Waals surface area contributed by atoms with Crippen molar-refractivity contribution < 1.29 is 18.9 Å². The fourth-order valence-electron chi connectivity index (χ4n) is 3.92. The molecule has 4 heterocycles. The van der Waals surface area contributed by atoms with Gasteiger partial charge in [-0.05, 0) is 12.8 Å². The zero-order valence-corrected chi connectivity index (χ0v) is 10.2. The first-order valence-electron chi connectivity index (χ1n) is 6.78. The van der Waals surface area contributed by atoms with Crippen LogP contribution in [-0.4, -0.2) is 49.8 Å². The minimum Gasteiger partial charge on any atom is -0.381 e. The molecule has 4 rings (SSSR count). The predicted molar refractivity (Wildman–Crippen MR) is 60.0 cm³/mol. The lowest BCUT2D eigenvalue weighted by molar-refractivity contribution is -0.0778. The number of rotatable bonds is 0. The van der Waals surface area contributed by atoms with Gasteiger partial charge in [0.05, 0.1) is 12.2 Å². The molecule has 1 unspecified atom stereocenters. The second-order valence-electron chi connectivity index (χ2n) is 5.96. The molecule has 0 saturated carbocycles. The smallest absolute Gasteiger partial charge is 0.124 e. The molecule has 1 atom stereocenters. The lowest BCUT2D eigenvalue weighted by Crippen LogP contribution is -2.38. The van der Waals surface area contributed by atoms with E-state index in [9.17, 15) is 0 Å². The SMILES string of the molecule is C1CC2(CCO1)CC1(CO2)OC12CCOCC2. The summed E-state index contributed by atoms with van der Waals surface area (Å²) in [4.78, 5) is 0. The lowest BCUT2D eigenvalue weighted by Gasteiger charge is -2.32. The van der Waals surface area contributed by atoms with Crippen molar-refractivity contribution in [3.05, 3.63) is 0 Å². The van der Waals surface area contributed by atoms with E-state index in [0.29, 0.717) is 0 Å². The van der Waals surface area contributed by atoms with Crippen LogP contribution in [0.5, 0.6) is 0 Å². The van der Waals surface area contributed by atoms with Gasteiger partial charge in [0.25, 0.3) is 0 Å². The van der Waals surface area contributed by atoms with Crippen molar-refractivity contribution in [1.82, 2.24) is 0 Å². The molecule has 0 aromatic heterocycles. The summed E-state index contributed by atoms with van der Waals surface area (Å²) in [6, 6.07) is 0. The first-order valence-corrected chi connectivity index (χ1v) is 6.78. The van der Waals surface area contributed by atoms with Crippen LogP contribution in [0.2, 0.25) is 0 Å². The van der Waals surface area contributed by atoms with Crippen molar-refractivity contribution in [2.45, 2.75) is 48.9 Å². The fourth-order valence-corrected chi connectivity index (χ4v) is 3.92. The summed E-state index contributed by atoms with van der Waals surface area (Å²) in [5.41, 5.74) is 0.168. The van der Waals surface area contributed by atoms with Gasteiger partial charge >= 0.3 is 0 Å². The Morgan fingerprint density at radius 2 is 1.35 bits per heavy atom. The van der Waals surface area contributed by atoms with E-state index in [1.165, 1.54) is 0 Å². The Kier molecular flexibility index (Phi) is 2.17. The van der Waals surface area contributed by atoms with Crippen molar-refractivity contribution in [2.24, 2.45) is 0 Å². The summed E-state index contributed by atoms with van der Waals surface area (Å²) in [5.74, 6) is 0. The minimum absolute atomic E-state index is 0.0219. The van der Waals surface area contributed by atoms with E-state index in [1.807, 2.05) is 0 Å². The molecule has 4 aliphatic rings. The standard InChI is InChI=1S/C13H20O4/c1-5-14-6-2-11(1)9-13(10-16-11)12(17-13)3-7-15-8-4-12/h1-10H2. The van der Waals surface area contributed by atoms with Crippen molar-refractivity contribution in [1.29, 1.82) is 0 Å². The number of ether oxygens (including phenoxy) is 4. The Bertz CT molecular complexity index is 301. The van der Waals surface area contributed by atoms with Crippen LogP contribution in [0.15, 0.2) is 0 Å². The summed E-state index contributed by atoms with van der Waals surface area (Å²) >= 11 is 0. The van der Waals surface area contributed by atoms with E-state index in [0.717, 1.165) is 65.1 Å². The van der Waals surface area contributed by atoms with E-state index in [2.05, 4.69) is 0 Å². The Labute approximate surface area is 102 Å². The highest BCUT2D eigenvalue weighted by Gasteiger charge is 2.74. The van der Waals surface area contributed by atoms with E-state index in [-0.39, 0.29) is 16.8 Å². The third kappa shape index (κ3) is 1.44. The van der Waals surface area contributed by atoms with Gasteiger partial charge < -0.3 is 18.9 Å². The van der Waals surface area contributed by atoms with Crippen molar-refractivity contribution >= 4 is 0 Å². The van der Waals surface area contributed by atoms with E-state index in [1.54, 1.807) is 0 Å². The van der Waals surface area contributed by atoms with Gasteiger partial charge in [-0.1, -0.05) is 0 Å². The quantitative estimate of drug-likeness (QED) is 0.598. The topological polar surface area (TPSA) is 40.2 Å². The van der Waals surface area contributed by atoms with Crippen LogP contribution >= 0.6 is 0 Å². The van der Waals surface area contributed by atoms with Gasteiger partial charge in [0.15, 0.2) is 0 Å². The number of hydrogen-bond donors (Lipinski definition) is 0. The summed E-state index contributed by atoms with van der Waals surface area (Å²) in [7, 11) is 0. The van der Waals surface area contributed by atoms with Crippen molar-refractivity contribution in [3.8, 4) is 0 Å². The molecule has 0 N–H and O–H groups in total. The van der Waals surface area contributed by atoms with Gasteiger partial charge in [-0.25, -0.2) is 0 Å². The molecule has 4 aliphatic heterocycles.